The highest BCUT2D eigenvalue weighted by Gasteiger charge is 2.16. The summed E-state index contributed by atoms with van der Waals surface area (Å²) >= 11 is 0. The standard InChI is InChI=1S/C10H8FNO2S/c1-7-5-12-6-8-3-2-4-9(10(7)8)15(11,13)14/h2-6H,1H3. The lowest BCUT2D eigenvalue weighted by Gasteiger charge is -2.04. The van der Waals surface area contributed by atoms with Crippen LogP contribution in [0.5, 0.6) is 0 Å². The van der Waals surface area contributed by atoms with Crippen molar-refractivity contribution in [2.75, 3.05) is 0 Å². The van der Waals surface area contributed by atoms with Crippen molar-refractivity contribution in [1.82, 2.24) is 4.98 Å². The first-order chi connectivity index (χ1) is 7.00. The van der Waals surface area contributed by atoms with Gasteiger partial charge in [0.15, 0.2) is 0 Å². The second kappa shape index (κ2) is 3.27. The van der Waals surface area contributed by atoms with Crippen LogP contribution in [0.3, 0.4) is 0 Å². The van der Waals surface area contributed by atoms with Crippen LogP contribution in [0.1, 0.15) is 5.56 Å². The van der Waals surface area contributed by atoms with Crippen LogP contribution in [0.2, 0.25) is 0 Å². The Kier molecular flexibility index (Phi) is 2.19. The molecule has 0 fully saturated rings. The lowest BCUT2D eigenvalue weighted by Crippen LogP contribution is -1.95. The molecule has 2 rings (SSSR count). The van der Waals surface area contributed by atoms with E-state index in [1.807, 2.05) is 0 Å². The third kappa shape index (κ3) is 1.70. The third-order valence-corrected chi connectivity index (χ3v) is 3.06. The Hall–Kier alpha value is -1.49. The van der Waals surface area contributed by atoms with Crippen LogP contribution in [0, 0.1) is 6.92 Å². The summed E-state index contributed by atoms with van der Waals surface area (Å²) in [4.78, 5) is 3.63. The first-order valence-electron chi connectivity index (χ1n) is 4.28. The van der Waals surface area contributed by atoms with Crippen molar-refractivity contribution in [3.05, 3.63) is 36.2 Å². The van der Waals surface area contributed by atoms with Gasteiger partial charge < -0.3 is 0 Å². The molecule has 0 amide bonds. The highest BCUT2D eigenvalue weighted by molar-refractivity contribution is 7.86. The lowest BCUT2D eigenvalue weighted by molar-refractivity contribution is 0.553. The molecule has 5 heteroatoms. The Morgan fingerprint density at radius 1 is 1.27 bits per heavy atom. The van der Waals surface area contributed by atoms with Gasteiger partial charge in [-0.05, 0) is 18.6 Å². The maximum absolute atomic E-state index is 13.0. The van der Waals surface area contributed by atoms with Gasteiger partial charge in [0.2, 0.25) is 0 Å². The van der Waals surface area contributed by atoms with Gasteiger partial charge >= 0.3 is 10.2 Å². The summed E-state index contributed by atoms with van der Waals surface area (Å²) in [5, 5.41) is 1.02. The second-order valence-corrected chi connectivity index (χ2v) is 4.56. The SMILES string of the molecule is Cc1cncc2cccc(S(=O)(=O)F)c12. The smallest absolute Gasteiger partial charge is 0.264 e. The fraction of sp³-hybridized carbons (Fsp3) is 0.100. The van der Waals surface area contributed by atoms with Crippen LogP contribution < -0.4 is 0 Å². The van der Waals surface area contributed by atoms with E-state index in [0.29, 0.717) is 16.3 Å². The van der Waals surface area contributed by atoms with Crippen molar-refractivity contribution in [3.8, 4) is 0 Å². The van der Waals surface area contributed by atoms with Gasteiger partial charge in [-0.3, -0.25) is 4.98 Å². The lowest BCUT2D eigenvalue weighted by atomic mass is 10.1. The summed E-state index contributed by atoms with van der Waals surface area (Å²) in [5.74, 6) is 0. The number of fused-ring (bicyclic) bond motifs is 1. The summed E-state index contributed by atoms with van der Waals surface area (Å²) in [7, 11) is -4.68. The quantitative estimate of drug-likeness (QED) is 0.699. The molecule has 0 saturated heterocycles. The Bertz CT molecular complexity index is 617. The molecule has 0 unspecified atom stereocenters. The number of nitrogens with zero attached hydrogens (tertiary/aromatic N) is 1. The maximum atomic E-state index is 13.0. The minimum Gasteiger partial charge on any atom is -0.264 e. The van der Waals surface area contributed by atoms with E-state index in [9.17, 15) is 12.3 Å². The predicted octanol–water partition coefficient (Wildman–Crippen LogP) is 2.20. The largest absolute Gasteiger partial charge is 0.332 e. The van der Waals surface area contributed by atoms with Crippen molar-refractivity contribution in [2.45, 2.75) is 11.8 Å². The van der Waals surface area contributed by atoms with Crippen molar-refractivity contribution in [3.63, 3.8) is 0 Å². The number of aryl methyl sites for hydroxylation is 1. The van der Waals surface area contributed by atoms with Crippen molar-refractivity contribution >= 4 is 21.0 Å². The fourth-order valence-corrected chi connectivity index (χ4v) is 2.34. The van der Waals surface area contributed by atoms with Gasteiger partial charge in [0.1, 0.15) is 4.90 Å². The van der Waals surface area contributed by atoms with Gasteiger partial charge in [0, 0.05) is 23.2 Å². The number of benzene rings is 1. The number of halogens is 1. The molecule has 0 atom stereocenters. The van der Waals surface area contributed by atoms with E-state index in [1.165, 1.54) is 24.5 Å². The number of hydrogen-bond acceptors (Lipinski definition) is 3. The molecule has 15 heavy (non-hydrogen) atoms. The molecule has 1 aromatic carbocycles. The van der Waals surface area contributed by atoms with E-state index in [1.54, 1.807) is 13.0 Å². The number of rotatable bonds is 1. The molecule has 0 aliphatic heterocycles. The van der Waals surface area contributed by atoms with E-state index in [0.717, 1.165) is 0 Å². The normalized spacial score (nSPS) is 11.9. The monoisotopic (exact) mass is 225 g/mol. The second-order valence-electron chi connectivity index (χ2n) is 3.25. The summed E-state index contributed by atoms with van der Waals surface area (Å²) in [6.07, 6.45) is 3.02. The van der Waals surface area contributed by atoms with Crippen LogP contribution >= 0.6 is 0 Å². The van der Waals surface area contributed by atoms with E-state index in [-0.39, 0.29) is 4.90 Å². The minimum absolute atomic E-state index is 0.292. The first kappa shape index (κ1) is 10.0. The van der Waals surface area contributed by atoms with E-state index >= 15 is 0 Å². The molecule has 0 bridgehead atoms. The van der Waals surface area contributed by atoms with Crippen LogP contribution in [-0.2, 0) is 10.2 Å². The average molecular weight is 225 g/mol. The first-order valence-corrected chi connectivity index (χ1v) is 5.66. The molecule has 0 saturated carbocycles. The molecule has 0 radical (unpaired) electrons. The molecule has 1 aromatic heterocycles. The Labute approximate surface area is 86.8 Å². The van der Waals surface area contributed by atoms with Crippen molar-refractivity contribution < 1.29 is 12.3 Å². The molecule has 1 heterocycles. The highest BCUT2D eigenvalue weighted by atomic mass is 32.3. The van der Waals surface area contributed by atoms with Crippen LogP contribution in [0.4, 0.5) is 3.89 Å². The Balaban J connectivity index is 2.99. The maximum Gasteiger partial charge on any atom is 0.332 e. The molecule has 3 nitrogen and oxygen atoms in total. The molecule has 0 aliphatic carbocycles. The molecular weight excluding hydrogens is 217 g/mol. The molecule has 0 spiro atoms. The van der Waals surface area contributed by atoms with Gasteiger partial charge in [-0.1, -0.05) is 12.1 Å². The summed E-state index contributed by atoms with van der Waals surface area (Å²) < 4.78 is 34.8. The average Bonchev–Trinajstić information content (AvgIpc) is 2.16. The zero-order valence-electron chi connectivity index (χ0n) is 7.94. The van der Waals surface area contributed by atoms with Crippen LogP contribution in [0.25, 0.3) is 10.8 Å². The minimum atomic E-state index is -4.68. The van der Waals surface area contributed by atoms with Gasteiger partial charge in [0.25, 0.3) is 0 Å². The zero-order chi connectivity index (χ0) is 11.1. The molecule has 2 aromatic rings. The predicted molar refractivity (Wildman–Crippen MR) is 54.8 cm³/mol. The van der Waals surface area contributed by atoms with Gasteiger partial charge in [-0.2, -0.15) is 8.42 Å². The summed E-state index contributed by atoms with van der Waals surface area (Å²) in [6, 6.07) is 4.45. The number of pyridine rings is 1. The Morgan fingerprint density at radius 3 is 2.67 bits per heavy atom. The molecule has 0 aliphatic rings. The zero-order valence-corrected chi connectivity index (χ0v) is 8.75. The van der Waals surface area contributed by atoms with Crippen molar-refractivity contribution in [1.29, 1.82) is 0 Å². The third-order valence-electron chi connectivity index (χ3n) is 2.20. The van der Waals surface area contributed by atoms with Gasteiger partial charge in [-0.15, -0.1) is 3.89 Å². The molecule has 78 valence electrons. The van der Waals surface area contributed by atoms with Gasteiger partial charge in [-0.25, -0.2) is 0 Å². The van der Waals surface area contributed by atoms with Gasteiger partial charge in [0.05, 0.1) is 0 Å². The number of aromatic nitrogens is 1. The highest BCUT2D eigenvalue weighted by Crippen LogP contribution is 2.26. The van der Waals surface area contributed by atoms with E-state index < -0.39 is 10.2 Å². The number of hydrogen-bond donors (Lipinski definition) is 0. The van der Waals surface area contributed by atoms with Crippen LogP contribution in [0.15, 0.2) is 35.5 Å². The fourth-order valence-electron chi connectivity index (χ4n) is 1.57. The topological polar surface area (TPSA) is 47.0 Å². The van der Waals surface area contributed by atoms with E-state index in [2.05, 4.69) is 4.98 Å². The van der Waals surface area contributed by atoms with Crippen molar-refractivity contribution in [2.24, 2.45) is 0 Å². The van der Waals surface area contributed by atoms with Crippen LogP contribution in [-0.4, -0.2) is 13.4 Å². The summed E-state index contributed by atoms with van der Waals surface area (Å²) in [5.41, 5.74) is 0.643. The molecular formula is C10H8FNO2S. The molecule has 0 N–H and O–H groups in total. The summed E-state index contributed by atoms with van der Waals surface area (Å²) in [6.45, 7) is 1.70. The Morgan fingerprint density at radius 2 is 2.00 bits per heavy atom. The van der Waals surface area contributed by atoms with E-state index in [4.69, 9.17) is 0 Å².